The first-order valence-electron chi connectivity index (χ1n) is 12.2. The van der Waals surface area contributed by atoms with Crippen LogP contribution in [0.25, 0.3) is 44.2 Å². The Kier molecular flexibility index (Phi) is 4.08. The smallest absolute Gasteiger partial charge is 0.159 e. The Hall–Kier alpha value is -4.58. The minimum Gasteiger partial charge on any atom is -0.485 e. The van der Waals surface area contributed by atoms with Gasteiger partial charge < -0.3 is 9.47 Å². The number of pyridine rings is 4. The Morgan fingerprint density at radius 1 is 0.528 bits per heavy atom. The lowest BCUT2D eigenvalue weighted by molar-refractivity contribution is 0.303. The maximum absolute atomic E-state index is 6.27. The molecule has 1 aliphatic carbocycles. The van der Waals surface area contributed by atoms with Crippen LogP contribution in [0.15, 0.2) is 72.8 Å². The highest BCUT2D eigenvalue weighted by atomic mass is 16.5. The molecule has 0 saturated heterocycles. The lowest BCUT2D eigenvalue weighted by Gasteiger charge is -2.20. The molecule has 6 nitrogen and oxygen atoms in total. The summed E-state index contributed by atoms with van der Waals surface area (Å²) in [5, 5.41) is 3.11. The summed E-state index contributed by atoms with van der Waals surface area (Å²) in [5.41, 5.74) is 8.24. The van der Waals surface area contributed by atoms with Gasteiger partial charge in [0.15, 0.2) is 5.65 Å². The van der Waals surface area contributed by atoms with E-state index in [0.717, 1.165) is 74.3 Å². The molecule has 8 rings (SSSR count). The molecule has 5 heterocycles. The molecule has 4 aromatic heterocycles. The predicted octanol–water partition coefficient (Wildman–Crippen LogP) is 5.96. The van der Waals surface area contributed by atoms with Gasteiger partial charge in [0.05, 0.1) is 22.8 Å². The van der Waals surface area contributed by atoms with E-state index < -0.39 is 0 Å². The van der Waals surface area contributed by atoms with E-state index in [0.29, 0.717) is 18.9 Å². The summed E-state index contributed by atoms with van der Waals surface area (Å²) in [6.07, 6.45) is 1.87. The largest absolute Gasteiger partial charge is 0.485 e. The average molecular weight is 469 g/mol. The highest BCUT2D eigenvalue weighted by Crippen LogP contribution is 2.38. The van der Waals surface area contributed by atoms with Crippen LogP contribution in [-0.2, 0) is 26.1 Å². The minimum atomic E-state index is 0.330. The standard InChI is InChI=1S/C30H20N4O2/c1-3-18-13-20-7-8-21-14-19-4-2-6-25-27(19)34-29(21)28(20)33-26(18)24(5-1)35-15-22-11-9-17-10-12-23(16-36-25)32-30(17)31-22/h1-6,9-14H,7-8,15-16H2. The molecule has 2 aromatic carbocycles. The molecule has 36 heavy (non-hydrogen) atoms. The number of nitrogens with zero attached hydrogens (tertiary/aromatic N) is 4. The van der Waals surface area contributed by atoms with Crippen LogP contribution in [0.4, 0.5) is 0 Å². The van der Waals surface area contributed by atoms with E-state index in [1.165, 1.54) is 11.1 Å². The second-order valence-electron chi connectivity index (χ2n) is 9.38. The summed E-state index contributed by atoms with van der Waals surface area (Å²) < 4.78 is 12.5. The Labute approximate surface area is 206 Å². The first-order chi connectivity index (χ1) is 17.8. The summed E-state index contributed by atoms with van der Waals surface area (Å²) in [6.45, 7) is 0.661. The van der Waals surface area contributed by atoms with Crippen molar-refractivity contribution in [2.45, 2.75) is 26.1 Å². The van der Waals surface area contributed by atoms with Crippen LogP contribution in [0.5, 0.6) is 11.5 Å². The number of fused-ring (bicyclic) bond motifs is 2. The van der Waals surface area contributed by atoms with Gasteiger partial charge in [-0.25, -0.2) is 19.9 Å². The van der Waals surface area contributed by atoms with E-state index in [1.807, 2.05) is 48.5 Å². The maximum Gasteiger partial charge on any atom is 0.159 e. The highest BCUT2D eigenvalue weighted by Gasteiger charge is 2.22. The number of aromatic nitrogens is 4. The van der Waals surface area contributed by atoms with Crippen molar-refractivity contribution in [3.63, 3.8) is 0 Å². The number of hydrogen-bond donors (Lipinski definition) is 0. The van der Waals surface area contributed by atoms with Gasteiger partial charge in [-0.1, -0.05) is 24.3 Å². The number of rotatable bonds is 0. The number of aryl methyl sites for hydroxylation is 2. The summed E-state index contributed by atoms with van der Waals surface area (Å²) in [5.74, 6) is 1.47. The van der Waals surface area contributed by atoms with Gasteiger partial charge >= 0.3 is 0 Å². The van der Waals surface area contributed by atoms with Crippen molar-refractivity contribution in [2.75, 3.05) is 0 Å². The monoisotopic (exact) mass is 468 g/mol. The zero-order valence-electron chi connectivity index (χ0n) is 19.4. The molecular formula is C30H20N4O2. The normalized spacial score (nSPS) is 14.1. The first-order valence-corrected chi connectivity index (χ1v) is 12.2. The van der Waals surface area contributed by atoms with Gasteiger partial charge in [0.2, 0.25) is 0 Å². The fourth-order valence-electron chi connectivity index (χ4n) is 5.27. The Balaban J connectivity index is 1.40. The second-order valence-corrected chi connectivity index (χ2v) is 9.38. The van der Waals surface area contributed by atoms with E-state index >= 15 is 0 Å². The number of hydrogen-bond acceptors (Lipinski definition) is 6. The molecule has 0 unspecified atom stereocenters. The van der Waals surface area contributed by atoms with Crippen LogP contribution < -0.4 is 9.47 Å². The van der Waals surface area contributed by atoms with E-state index in [2.05, 4.69) is 24.3 Å². The summed E-state index contributed by atoms with van der Waals surface area (Å²) >= 11 is 0. The van der Waals surface area contributed by atoms with Crippen LogP contribution in [0.2, 0.25) is 0 Å². The van der Waals surface area contributed by atoms with Crippen LogP contribution in [0.1, 0.15) is 22.5 Å². The molecule has 6 heteroatoms. The third-order valence-corrected chi connectivity index (χ3v) is 7.08. The van der Waals surface area contributed by atoms with Gasteiger partial charge in [-0.15, -0.1) is 0 Å². The number of ether oxygens (including phenoxy) is 2. The molecule has 0 radical (unpaired) electrons. The van der Waals surface area contributed by atoms with Gasteiger partial charge in [-0.3, -0.25) is 0 Å². The molecule has 7 bridgehead atoms. The molecular weight excluding hydrogens is 448 g/mol. The lowest BCUT2D eigenvalue weighted by atomic mass is 9.90. The van der Waals surface area contributed by atoms with Crippen molar-refractivity contribution in [2.24, 2.45) is 0 Å². The Bertz CT molecular complexity index is 1730. The molecule has 0 saturated carbocycles. The highest BCUT2D eigenvalue weighted by molar-refractivity contribution is 5.91. The van der Waals surface area contributed by atoms with Gasteiger partial charge in [0.1, 0.15) is 35.7 Å². The van der Waals surface area contributed by atoms with Crippen molar-refractivity contribution in [1.82, 2.24) is 19.9 Å². The molecule has 6 aromatic rings. The summed E-state index contributed by atoms with van der Waals surface area (Å²) in [7, 11) is 0. The van der Waals surface area contributed by atoms with E-state index in [-0.39, 0.29) is 0 Å². The molecule has 172 valence electrons. The summed E-state index contributed by atoms with van der Waals surface area (Å²) in [6, 6.07) is 24.6. The van der Waals surface area contributed by atoms with Gasteiger partial charge in [0, 0.05) is 16.2 Å². The van der Waals surface area contributed by atoms with E-state index in [1.54, 1.807) is 0 Å². The third kappa shape index (κ3) is 3.04. The lowest BCUT2D eigenvalue weighted by Crippen LogP contribution is -2.09. The molecule has 0 spiro atoms. The number of para-hydroxylation sites is 2. The molecule has 2 aliphatic rings. The van der Waals surface area contributed by atoms with Crippen LogP contribution >= 0.6 is 0 Å². The SMILES string of the molecule is c1cc2c3nc4c(cc3c1)CCc1cc3cccc(c3nc1-4)OCc1ccc3ccc(nc3n1)CO2. The fraction of sp³-hybridized carbons (Fsp3) is 0.133. The Morgan fingerprint density at radius 3 is 1.58 bits per heavy atom. The first kappa shape index (κ1) is 19.7. The van der Waals surface area contributed by atoms with Gasteiger partial charge in [0.25, 0.3) is 0 Å². The number of benzene rings is 2. The average Bonchev–Trinajstić information content (AvgIpc) is 2.92. The zero-order valence-corrected chi connectivity index (χ0v) is 19.4. The van der Waals surface area contributed by atoms with Crippen molar-refractivity contribution in [3.05, 3.63) is 95.3 Å². The second kappa shape index (κ2) is 7.46. The van der Waals surface area contributed by atoms with Crippen LogP contribution in [0.3, 0.4) is 0 Å². The van der Waals surface area contributed by atoms with Crippen molar-refractivity contribution in [1.29, 1.82) is 0 Å². The van der Waals surface area contributed by atoms with Crippen molar-refractivity contribution in [3.8, 4) is 22.9 Å². The van der Waals surface area contributed by atoms with E-state index in [9.17, 15) is 0 Å². The molecule has 0 amide bonds. The third-order valence-electron chi connectivity index (χ3n) is 7.08. The fourth-order valence-corrected chi connectivity index (χ4v) is 5.27. The Morgan fingerprint density at radius 2 is 1.06 bits per heavy atom. The minimum absolute atomic E-state index is 0.330. The summed E-state index contributed by atoms with van der Waals surface area (Å²) in [4.78, 5) is 19.8. The molecule has 0 fully saturated rings. The van der Waals surface area contributed by atoms with Gasteiger partial charge in [-0.05, 0) is 72.5 Å². The topological polar surface area (TPSA) is 70.0 Å². The van der Waals surface area contributed by atoms with Gasteiger partial charge in [-0.2, -0.15) is 0 Å². The van der Waals surface area contributed by atoms with Crippen molar-refractivity contribution < 1.29 is 9.47 Å². The zero-order chi connectivity index (χ0) is 23.6. The predicted molar refractivity (Wildman–Crippen MR) is 138 cm³/mol. The molecule has 0 N–H and O–H groups in total. The molecule has 0 atom stereocenters. The molecule has 1 aliphatic heterocycles. The maximum atomic E-state index is 6.27. The van der Waals surface area contributed by atoms with E-state index in [4.69, 9.17) is 29.4 Å². The van der Waals surface area contributed by atoms with Crippen molar-refractivity contribution >= 4 is 32.8 Å². The van der Waals surface area contributed by atoms with Crippen LogP contribution in [0, 0.1) is 0 Å². The van der Waals surface area contributed by atoms with Crippen LogP contribution in [-0.4, -0.2) is 19.9 Å². The quantitative estimate of drug-likeness (QED) is 0.274.